The Kier molecular flexibility index (Phi) is 4.71. The summed E-state index contributed by atoms with van der Waals surface area (Å²) in [6.45, 7) is 11.0. The maximum absolute atomic E-state index is 13.7. The molecule has 1 aliphatic rings. The van der Waals surface area contributed by atoms with Crippen LogP contribution in [0.1, 0.15) is 45.7 Å². The maximum Gasteiger partial charge on any atom is 0.127 e. The third kappa shape index (κ3) is 4.50. The molecule has 0 aliphatic carbocycles. The minimum absolute atomic E-state index is 0.163. The van der Waals surface area contributed by atoms with Crippen molar-refractivity contribution >= 4 is 0 Å². The van der Waals surface area contributed by atoms with Crippen LogP contribution in [0.15, 0.2) is 24.3 Å². The Labute approximate surface area is 127 Å². The van der Waals surface area contributed by atoms with Crippen molar-refractivity contribution in [1.29, 1.82) is 0 Å². The van der Waals surface area contributed by atoms with Crippen LogP contribution in [0.5, 0.6) is 0 Å². The van der Waals surface area contributed by atoms with Crippen molar-refractivity contribution in [3.8, 4) is 0 Å². The molecule has 1 fully saturated rings. The first-order chi connectivity index (χ1) is 9.69. The van der Waals surface area contributed by atoms with E-state index in [1.807, 2.05) is 6.07 Å². The number of hydrogen-bond donors (Lipinski definition) is 1. The van der Waals surface area contributed by atoms with Gasteiger partial charge in [-0.05, 0) is 40.2 Å². The van der Waals surface area contributed by atoms with Crippen LogP contribution in [0.2, 0.25) is 0 Å². The fourth-order valence-corrected chi connectivity index (χ4v) is 3.36. The molecular formula is C17H27FN2O. The van der Waals surface area contributed by atoms with Gasteiger partial charge in [0, 0.05) is 31.2 Å². The summed E-state index contributed by atoms with van der Waals surface area (Å²) in [6, 6.07) is 6.50. The van der Waals surface area contributed by atoms with E-state index < -0.39 is 0 Å². The molecule has 1 saturated heterocycles. The van der Waals surface area contributed by atoms with Crippen LogP contribution < -0.4 is 5.73 Å². The molecule has 1 aliphatic heterocycles. The van der Waals surface area contributed by atoms with Gasteiger partial charge in [-0.3, -0.25) is 4.90 Å². The number of nitrogens with two attached hydrogens (primary N) is 1. The predicted molar refractivity (Wildman–Crippen MR) is 83.6 cm³/mol. The minimum atomic E-state index is -0.264. The van der Waals surface area contributed by atoms with E-state index in [1.54, 1.807) is 12.1 Å². The van der Waals surface area contributed by atoms with E-state index in [2.05, 4.69) is 32.6 Å². The monoisotopic (exact) mass is 294 g/mol. The predicted octanol–water partition coefficient (Wildman–Crippen LogP) is 3.11. The summed E-state index contributed by atoms with van der Waals surface area (Å²) in [6.07, 6.45) is 0.743. The molecule has 0 radical (unpaired) electrons. The van der Waals surface area contributed by atoms with Crippen molar-refractivity contribution < 1.29 is 9.13 Å². The van der Waals surface area contributed by atoms with E-state index >= 15 is 0 Å². The summed E-state index contributed by atoms with van der Waals surface area (Å²) in [5, 5.41) is 0. The molecule has 0 spiro atoms. The van der Waals surface area contributed by atoms with Crippen LogP contribution >= 0.6 is 0 Å². The lowest BCUT2D eigenvalue weighted by atomic mass is 9.97. The number of ether oxygens (including phenoxy) is 1. The third-order valence-electron chi connectivity index (χ3n) is 3.82. The summed E-state index contributed by atoms with van der Waals surface area (Å²) in [5.74, 6) is -0.215. The molecule has 2 N–H and O–H groups in total. The highest BCUT2D eigenvalue weighted by Gasteiger charge is 2.37. The SMILES string of the molecule is CC1(C)CN(CCC(N)c2ccccc2F)CC(C)(C)O1. The smallest absolute Gasteiger partial charge is 0.127 e. The topological polar surface area (TPSA) is 38.5 Å². The average molecular weight is 294 g/mol. The Balaban J connectivity index is 1.95. The summed E-state index contributed by atoms with van der Waals surface area (Å²) < 4.78 is 19.8. The maximum atomic E-state index is 13.7. The zero-order valence-electron chi connectivity index (χ0n) is 13.5. The van der Waals surface area contributed by atoms with E-state index in [0.717, 1.165) is 26.1 Å². The lowest BCUT2D eigenvalue weighted by molar-refractivity contribution is -0.180. The minimum Gasteiger partial charge on any atom is -0.367 e. The molecule has 1 aromatic carbocycles. The van der Waals surface area contributed by atoms with Crippen molar-refractivity contribution in [2.75, 3.05) is 19.6 Å². The number of benzene rings is 1. The van der Waals surface area contributed by atoms with Crippen molar-refractivity contribution in [2.45, 2.75) is 51.4 Å². The average Bonchev–Trinajstić information content (AvgIpc) is 2.33. The third-order valence-corrected chi connectivity index (χ3v) is 3.82. The Morgan fingerprint density at radius 1 is 1.19 bits per heavy atom. The lowest BCUT2D eigenvalue weighted by Crippen LogP contribution is -2.57. The highest BCUT2D eigenvalue weighted by atomic mass is 19.1. The Morgan fingerprint density at radius 3 is 2.33 bits per heavy atom. The highest BCUT2D eigenvalue weighted by Crippen LogP contribution is 2.28. The molecule has 0 saturated carbocycles. The largest absolute Gasteiger partial charge is 0.367 e. The van der Waals surface area contributed by atoms with Crippen LogP contribution in [0.4, 0.5) is 4.39 Å². The standard InChI is InChI=1S/C17H27FN2O/c1-16(2)11-20(12-17(3,4)21-16)10-9-15(19)13-7-5-6-8-14(13)18/h5-8,15H,9-12,19H2,1-4H3. The molecule has 3 nitrogen and oxygen atoms in total. The van der Waals surface area contributed by atoms with E-state index in [1.165, 1.54) is 6.07 Å². The number of halogens is 1. The Morgan fingerprint density at radius 2 is 1.76 bits per heavy atom. The molecule has 0 aromatic heterocycles. The van der Waals surface area contributed by atoms with Crippen LogP contribution in [-0.4, -0.2) is 35.7 Å². The molecule has 2 rings (SSSR count). The van der Waals surface area contributed by atoms with Gasteiger partial charge in [0.05, 0.1) is 11.2 Å². The quantitative estimate of drug-likeness (QED) is 0.927. The lowest BCUT2D eigenvalue weighted by Gasteiger charge is -2.47. The zero-order valence-corrected chi connectivity index (χ0v) is 13.5. The molecule has 1 atom stereocenters. The van der Waals surface area contributed by atoms with Gasteiger partial charge in [0.25, 0.3) is 0 Å². The van der Waals surface area contributed by atoms with Gasteiger partial charge in [-0.2, -0.15) is 0 Å². The molecule has 1 aromatic rings. The second-order valence-electron chi connectivity index (χ2n) is 7.25. The summed E-state index contributed by atoms with van der Waals surface area (Å²) >= 11 is 0. The Hall–Kier alpha value is -0.970. The normalized spacial score (nSPS) is 23.0. The fraction of sp³-hybridized carbons (Fsp3) is 0.647. The van der Waals surface area contributed by atoms with Gasteiger partial charge in [-0.15, -0.1) is 0 Å². The van der Waals surface area contributed by atoms with E-state index in [-0.39, 0.29) is 23.1 Å². The van der Waals surface area contributed by atoms with Gasteiger partial charge in [-0.1, -0.05) is 18.2 Å². The fourth-order valence-electron chi connectivity index (χ4n) is 3.36. The molecule has 118 valence electrons. The van der Waals surface area contributed by atoms with Crippen LogP contribution in [0.3, 0.4) is 0 Å². The van der Waals surface area contributed by atoms with Gasteiger partial charge in [0.1, 0.15) is 5.82 Å². The van der Waals surface area contributed by atoms with E-state index in [9.17, 15) is 4.39 Å². The van der Waals surface area contributed by atoms with Crippen LogP contribution in [-0.2, 0) is 4.74 Å². The number of hydrogen-bond acceptors (Lipinski definition) is 3. The second kappa shape index (κ2) is 6.03. The van der Waals surface area contributed by atoms with Crippen molar-refractivity contribution in [1.82, 2.24) is 4.90 Å². The summed E-state index contributed by atoms with van der Waals surface area (Å²) in [5.41, 5.74) is 6.43. The number of nitrogens with zero attached hydrogens (tertiary/aromatic N) is 1. The van der Waals surface area contributed by atoms with E-state index in [4.69, 9.17) is 10.5 Å². The molecule has 1 unspecified atom stereocenters. The molecule has 1 heterocycles. The molecule has 0 amide bonds. The molecule has 0 bridgehead atoms. The Bertz CT molecular complexity index is 471. The number of rotatable bonds is 4. The van der Waals surface area contributed by atoms with Gasteiger partial charge in [0.2, 0.25) is 0 Å². The molecule has 21 heavy (non-hydrogen) atoms. The molecule has 4 heteroatoms. The van der Waals surface area contributed by atoms with Gasteiger partial charge in [-0.25, -0.2) is 4.39 Å². The first kappa shape index (κ1) is 16.4. The molecular weight excluding hydrogens is 267 g/mol. The zero-order chi connectivity index (χ0) is 15.7. The first-order valence-electron chi connectivity index (χ1n) is 7.61. The second-order valence-corrected chi connectivity index (χ2v) is 7.25. The number of morpholine rings is 1. The first-order valence-corrected chi connectivity index (χ1v) is 7.61. The van der Waals surface area contributed by atoms with Gasteiger partial charge < -0.3 is 10.5 Å². The summed E-state index contributed by atoms with van der Waals surface area (Å²) in [4.78, 5) is 2.37. The highest BCUT2D eigenvalue weighted by molar-refractivity contribution is 5.20. The van der Waals surface area contributed by atoms with Crippen molar-refractivity contribution in [2.24, 2.45) is 5.73 Å². The van der Waals surface area contributed by atoms with Gasteiger partial charge in [0.15, 0.2) is 0 Å². The van der Waals surface area contributed by atoms with Crippen molar-refractivity contribution in [3.05, 3.63) is 35.6 Å². The van der Waals surface area contributed by atoms with Gasteiger partial charge >= 0.3 is 0 Å². The van der Waals surface area contributed by atoms with Crippen molar-refractivity contribution in [3.63, 3.8) is 0 Å². The van der Waals surface area contributed by atoms with E-state index in [0.29, 0.717) is 5.56 Å². The van der Waals surface area contributed by atoms with Crippen LogP contribution in [0.25, 0.3) is 0 Å². The van der Waals surface area contributed by atoms with Crippen LogP contribution in [0, 0.1) is 5.82 Å². The summed E-state index contributed by atoms with van der Waals surface area (Å²) in [7, 11) is 0.